The van der Waals surface area contributed by atoms with Gasteiger partial charge >= 0.3 is 0 Å². The summed E-state index contributed by atoms with van der Waals surface area (Å²) in [5.74, 6) is 1.55. The topological polar surface area (TPSA) is 68.1 Å². The molecule has 1 saturated heterocycles. The van der Waals surface area contributed by atoms with Crippen LogP contribution in [0.3, 0.4) is 0 Å². The lowest BCUT2D eigenvalue weighted by Gasteiger charge is -2.28. The van der Waals surface area contributed by atoms with Gasteiger partial charge in [-0.3, -0.25) is 4.68 Å². The van der Waals surface area contributed by atoms with E-state index in [4.69, 9.17) is 9.72 Å². The molecule has 0 amide bonds. The second kappa shape index (κ2) is 6.68. The second-order valence-corrected chi connectivity index (χ2v) is 6.31. The number of morpholine rings is 1. The molecule has 0 bridgehead atoms. The standard InChI is InChI=1S/C18H22N6O/c1-13-3-5-14(6-4-13)11-19-18-21-16-15(12-20-23(16)2)17(22-18)24-7-9-25-10-8-24/h3-6,12H,7-11H2,1-2H3,(H,19,21,22). The summed E-state index contributed by atoms with van der Waals surface area (Å²) in [5, 5.41) is 8.67. The molecule has 130 valence electrons. The van der Waals surface area contributed by atoms with Crippen molar-refractivity contribution in [1.82, 2.24) is 19.7 Å². The largest absolute Gasteiger partial charge is 0.378 e. The van der Waals surface area contributed by atoms with E-state index in [0.29, 0.717) is 12.5 Å². The molecule has 7 heteroatoms. The summed E-state index contributed by atoms with van der Waals surface area (Å²) < 4.78 is 7.25. The Kier molecular flexibility index (Phi) is 4.23. The molecule has 0 radical (unpaired) electrons. The summed E-state index contributed by atoms with van der Waals surface area (Å²) in [7, 11) is 1.90. The van der Waals surface area contributed by atoms with Crippen molar-refractivity contribution in [1.29, 1.82) is 0 Å². The first kappa shape index (κ1) is 15.8. The maximum absolute atomic E-state index is 5.46. The van der Waals surface area contributed by atoms with Gasteiger partial charge in [0.2, 0.25) is 5.95 Å². The molecular weight excluding hydrogens is 316 g/mol. The number of ether oxygens (including phenoxy) is 1. The van der Waals surface area contributed by atoms with Gasteiger partial charge in [0.15, 0.2) is 5.65 Å². The molecule has 1 aliphatic heterocycles. The van der Waals surface area contributed by atoms with Crippen molar-refractivity contribution in [3.63, 3.8) is 0 Å². The zero-order chi connectivity index (χ0) is 17.2. The Bertz CT molecular complexity index is 867. The summed E-state index contributed by atoms with van der Waals surface area (Å²) in [6, 6.07) is 8.46. The Morgan fingerprint density at radius 2 is 1.88 bits per heavy atom. The number of anilines is 2. The average Bonchev–Trinajstić information content (AvgIpc) is 3.02. The number of aryl methyl sites for hydroxylation is 2. The van der Waals surface area contributed by atoms with Crippen LogP contribution in [0.15, 0.2) is 30.5 Å². The first-order chi connectivity index (χ1) is 12.2. The third-order valence-electron chi connectivity index (χ3n) is 4.45. The SMILES string of the molecule is Cc1ccc(CNc2nc(N3CCOCC3)c3cnn(C)c3n2)cc1. The maximum Gasteiger partial charge on any atom is 0.227 e. The van der Waals surface area contributed by atoms with Gasteiger partial charge in [-0.05, 0) is 12.5 Å². The van der Waals surface area contributed by atoms with Crippen molar-refractivity contribution in [3.05, 3.63) is 41.6 Å². The Balaban J connectivity index is 1.64. The minimum absolute atomic E-state index is 0.623. The minimum atomic E-state index is 0.623. The molecule has 0 aliphatic carbocycles. The predicted octanol–water partition coefficient (Wildman–Crippen LogP) is 2.12. The van der Waals surface area contributed by atoms with E-state index in [2.05, 4.69) is 51.5 Å². The van der Waals surface area contributed by atoms with Gasteiger partial charge in [-0.1, -0.05) is 29.8 Å². The Hall–Kier alpha value is -2.67. The third kappa shape index (κ3) is 3.28. The Morgan fingerprint density at radius 1 is 1.12 bits per heavy atom. The van der Waals surface area contributed by atoms with Crippen LogP contribution in [0.1, 0.15) is 11.1 Å². The van der Waals surface area contributed by atoms with Crippen molar-refractivity contribution in [2.24, 2.45) is 7.05 Å². The van der Waals surface area contributed by atoms with Gasteiger partial charge in [0, 0.05) is 26.7 Å². The fourth-order valence-corrected chi connectivity index (χ4v) is 2.99. The van der Waals surface area contributed by atoms with Gasteiger partial charge in [0.1, 0.15) is 5.82 Å². The highest BCUT2D eigenvalue weighted by Gasteiger charge is 2.19. The molecule has 1 aliphatic rings. The Labute approximate surface area is 146 Å². The molecule has 25 heavy (non-hydrogen) atoms. The number of benzene rings is 1. The number of nitrogens with one attached hydrogen (secondary N) is 1. The number of hydrogen-bond donors (Lipinski definition) is 1. The summed E-state index contributed by atoms with van der Waals surface area (Å²) in [4.78, 5) is 11.7. The van der Waals surface area contributed by atoms with Gasteiger partial charge in [0.05, 0.1) is 24.8 Å². The van der Waals surface area contributed by atoms with E-state index in [-0.39, 0.29) is 0 Å². The quantitative estimate of drug-likeness (QED) is 0.786. The third-order valence-corrected chi connectivity index (χ3v) is 4.45. The van der Waals surface area contributed by atoms with Gasteiger partial charge in [-0.2, -0.15) is 15.1 Å². The highest BCUT2D eigenvalue weighted by molar-refractivity contribution is 5.88. The summed E-state index contributed by atoms with van der Waals surface area (Å²) >= 11 is 0. The van der Waals surface area contributed by atoms with Gasteiger partial charge in [-0.15, -0.1) is 0 Å². The molecule has 3 heterocycles. The summed E-state index contributed by atoms with van der Waals surface area (Å²) in [6.07, 6.45) is 1.84. The van der Waals surface area contributed by atoms with Crippen molar-refractivity contribution in [2.45, 2.75) is 13.5 Å². The first-order valence-electron chi connectivity index (χ1n) is 8.52. The second-order valence-electron chi connectivity index (χ2n) is 6.31. The predicted molar refractivity (Wildman–Crippen MR) is 97.8 cm³/mol. The van der Waals surface area contributed by atoms with Crippen LogP contribution in [0.25, 0.3) is 11.0 Å². The zero-order valence-electron chi connectivity index (χ0n) is 14.6. The van der Waals surface area contributed by atoms with Crippen LogP contribution in [0.4, 0.5) is 11.8 Å². The van der Waals surface area contributed by atoms with Gasteiger partial charge < -0.3 is 15.0 Å². The number of nitrogens with zero attached hydrogens (tertiary/aromatic N) is 5. The molecule has 1 fully saturated rings. The van der Waals surface area contributed by atoms with E-state index in [1.54, 1.807) is 4.68 Å². The summed E-state index contributed by atoms with van der Waals surface area (Å²) in [5.41, 5.74) is 3.29. The number of aromatic nitrogens is 4. The molecule has 0 unspecified atom stereocenters. The molecule has 7 nitrogen and oxygen atoms in total. The van der Waals surface area contributed by atoms with Crippen molar-refractivity contribution >= 4 is 22.8 Å². The Morgan fingerprint density at radius 3 is 2.64 bits per heavy atom. The van der Waals surface area contributed by atoms with Crippen LogP contribution < -0.4 is 10.2 Å². The molecule has 4 rings (SSSR count). The fourth-order valence-electron chi connectivity index (χ4n) is 2.99. The van der Waals surface area contributed by atoms with Crippen LogP contribution in [0.2, 0.25) is 0 Å². The maximum atomic E-state index is 5.46. The van der Waals surface area contributed by atoms with Crippen LogP contribution in [0, 0.1) is 6.92 Å². The number of hydrogen-bond acceptors (Lipinski definition) is 6. The average molecular weight is 338 g/mol. The molecule has 3 aromatic rings. The van der Waals surface area contributed by atoms with Crippen LogP contribution >= 0.6 is 0 Å². The molecule has 1 aromatic carbocycles. The zero-order valence-corrected chi connectivity index (χ0v) is 14.6. The minimum Gasteiger partial charge on any atom is -0.378 e. The van der Waals surface area contributed by atoms with Gasteiger partial charge in [0.25, 0.3) is 0 Å². The number of fused-ring (bicyclic) bond motifs is 1. The molecule has 2 aromatic heterocycles. The van der Waals surface area contributed by atoms with E-state index in [1.807, 2.05) is 13.2 Å². The van der Waals surface area contributed by atoms with Gasteiger partial charge in [-0.25, -0.2) is 0 Å². The fraction of sp³-hybridized carbons (Fsp3) is 0.389. The summed E-state index contributed by atoms with van der Waals surface area (Å²) in [6.45, 7) is 5.88. The van der Waals surface area contributed by atoms with Crippen molar-refractivity contribution < 1.29 is 4.74 Å². The van der Waals surface area contributed by atoms with E-state index in [1.165, 1.54) is 11.1 Å². The van der Waals surface area contributed by atoms with Crippen LogP contribution in [-0.2, 0) is 18.3 Å². The van der Waals surface area contributed by atoms with Crippen molar-refractivity contribution in [2.75, 3.05) is 36.5 Å². The lowest BCUT2D eigenvalue weighted by molar-refractivity contribution is 0.122. The molecule has 1 N–H and O–H groups in total. The van der Waals surface area contributed by atoms with Crippen molar-refractivity contribution in [3.8, 4) is 0 Å². The monoisotopic (exact) mass is 338 g/mol. The van der Waals surface area contributed by atoms with Crippen LogP contribution in [-0.4, -0.2) is 46.1 Å². The highest BCUT2D eigenvalue weighted by atomic mass is 16.5. The normalized spacial score (nSPS) is 14.9. The first-order valence-corrected chi connectivity index (χ1v) is 8.52. The van der Waals surface area contributed by atoms with E-state index in [0.717, 1.165) is 43.2 Å². The molecule has 0 atom stereocenters. The van der Waals surface area contributed by atoms with E-state index >= 15 is 0 Å². The lowest BCUT2D eigenvalue weighted by Crippen LogP contribution is -2.37. The van der Waals surface area contributed by atoms with E-state index in [9.17, 15) is 0 Å². The van der Waals surface area contributed by atoms with Crippen LogP contribution in [0.5, 0.6) is 0 Å². The number of rotatable bonds is 4. The molecular formula is C18H22N6O. The molecule has 0 saturated carbocycles. The van der Waals surface area contributed by atoms with E-state index < -0.39 is 0 Å². The smallest absolute Gasteiger partial charge is 0.227 e. The lowest BCUT2D eigenvalue weighted by atomic mass is 10.1. The molecule has 0 spiro atoms. The highest BCUT2D eigenvalue weighted by Crippen LogP contribution is 2.25.